The fraction of sp³-hybridized carbons (Fsp3) is 0.417. The smallest absolute Gasteiger partial charge is 0.307 e. The minimum absolute atomic E-state index is 0.170. The molecule has 0 saturated carbocycles. The van der Waals surface area contributed by atoms with Crippen LogP contribution in [0.1, 0.15) is 25.8 Å². The van der Waals surface area contributed by atoms with Crippen LogP contribution in [-0.4, -0.2) is 12.6 Å². The maximum atomic E-state index is 11.4. The zero-order valence-corrected chi connectivity index (χ0v) is 11.1. The summed E-state index contributed by atoms with van der Waals surface area (Å²) in [6.45, 7) is 3.99. The summed E-state index contributed by atoms with van der Waals surface area (Å²) in [4.78, 5) is 11.4. The number of hydrogen-bond acceptors (Lipinski definition) is 3. The van der Waals surface area contributed by atoms with Gasteiger partial charge in [0, 0.05) is 10.0 Å². The molecule has 1 rings (SSSR count). The molecule has 1 unspecified atom stereocenters. The van der Waals surface area contributed by atoms with Crippen molar-refractivity contribution in [2.24, 2.45) is 5.73 Å². The third-order valence-corrected chi connectivity index (χ3v) is 3.00. The number of nitrogens with two attached hydrogens (primary N) is 1. The van der Waals surface area contributed by atoms with E-state index in [1.165, 1.54) is 0 Å². The van der Waals surface area contributed by atoms with Gasteiger partial charge in [-0.15, -0.1) is 0 Å². The average Bonchev–Trinajstić information content (AvgIpc) is 2.17. The number of rotatable bonds is 4. The van der Waals surface area contributed by atoms with Crippen LogP contribution in [0.15, 0.2) is 28.7 Å². The Morgan fingerprint density at radius 3 is 2.69 bits per heavy atom. The van der Waals surface area contributed by atoms with Gasteiger partial charge in [-0.2, -0.15) is 0 Å². The van der Waals surface area contributed by atoms with Gasteiger partial charge in [0.2, 0.25) is 0 Å². The summed E-state index contributed by atoms with van der Waals surface area (Å²) in [7, 11) is 0. The molecule has 0 spiro atoms. The summed E-state index contributed by atoms with van der Waals surface area (Å²) in [6, 6.07) is 7.62. The van der Waals surface area contributed by atoms with Gasteiger partial charge in [-0.3, -0.25) is 4.79 Å². The monoisotopic (exact) mass is 285 g/mol. The summed E-state index contributed by atoms with van der Waals surface area (Å²) >= 11 is 3.43. The molecular formula is C12H16BrNO2. The molecule has 16 heavy (non-hydrogen) atoms. The number of benzene rings is 1. The molecule has 0 aliphatic carbocycles. The molecule has 1 aromatic rings. The standard InChI is InChI=1S/C12H16BrNO2/c1-3-16-11(15)8-12(2,14)9-6-4-5-7-10(9)13/h4-7H,3,8,14H2,1-2H3. The number of carbonyl (C=O) groups excluding carboxylic acids is 1. The van der Waals surface area contributed by atoms with Gasteiger partial charge in [0.1, 0.15) is 0 Å². The van der Waals surface area contributed by atoms with Crippen LogP contribution >= 0.6 is 15.9 Å². The van der Waals surface area contributed by atoms with Crippen molar-refractivity contribution in [3.05, 3.63) is 34.3 Å². The van der Waals surface area contributed by atoms with Gasteiger partial charge in [-0.25, -0.2) is 0 Å². The molecule has 0 saturated heterocycles. The van der Waals surface area contributed by atoms with E-state index in [1.54, 1.807) is 6.92 Å². The van der Waals surface area contributed by atoms with E-state index in [-0.39, 0.29) is 12.4 Å². The van der Waals surface area contributed by atoms with Gasteiger partial charge in [0.05, 0.1) is 13.0 Å². The van der Waals surface area contributed by atoms with Crippen molar-refractivity contribution in [3.8, 4) is 0 Å². The molecule has 0 aliphatic rings. The molecule has 0 radical (unpaired) electrons. The highest BCUT2D eigenvalue weighted by Gasteiger charge is 2.27. The summed E-state index contributed by atoms with van der Waals surface area (Å²) in [5, 5.41) is 0. The first-order valence-electron chi connectivity index (χ1n) is 5.17. The van der Waals surface area contributed by atoms with Crippen LogP contribution in [0.2, 0.25) is 0 Å². The Morgan fingerprint density at radius 1 is 1.50 bits per heavy atom. The molecular weight excluding hydrogens is 270 g/mol. The first-order valence-corrected chi connectivity index (χ1v) is 5.96. The van der Waals surface area contributed by atoms with Crippen LogP contribution in [0.3, 0.4) is 0 Å². The van der Waals surface area contributed by atoms with Crippen molar-refractivity contribution in [1.82, 2.24) is 0 Å². The second-order valence-corrected chi connectivity index (χ2v) is 4.73. The lowest BCUT2D eigenvalue weighted by Gasteiger charge is -2.25. The molecule has 3 nitrogen and oxygen atoms in total. The Hall–Kier alpha value is -0.870. The maximum absolute atomic E-state index is 11.4. The number of carbonyl (C=O) groups is 1. The van der Waals surface area contributed by atoms with Crippen LogP contribution in [-0.2, 0) is 15.1 Å². The lowest BCUT2D eigenvalue weighted by Crippen LogP contribution is -2.36. The SMILES string of the molecule is CCOC(=O)CC(C)(N)c1ccccc1Br. The fourth-order valence-corrected chi connectivity index (χ4v) is 2.27. The summed E-state index contributed by atoms with van der Waals surface area (Å²) in [6.07, 6.45) is 0.170. The predicted octanol–water partition coefficient (Wildman–Crippen LogP) is 2.58. The Bertz CT molecular complexity index is 377. The van der Waals surface area contributed by atoms with Gasteiger partial charge in [-0.05, 0) is 25.5 Å². The molecule has 1 atom stereocenters. The Morgan fingerprint density at radius 2 is 2.12 bits per heavy atom. The summed E-state index contributed by atoms with van der Waals surface area (Å²) in [5.74, 6) is -0.275. The molecule has 0 bridgehead atoms. The summed E-state index contributed by atoms with van der Waals surface area (Å²) in [5.41, 5.74) is 6.33. The Balaban J connectivity index is 2.85. The van der Waals surface area contributed by atoms with E-state index >= 15 is 0 Å². The van der Waals surface area contributed by atoms with E-state index in [2.05, 4.69) is 15.9 Å². The topological polar surface area (TPSA) is 52.3 Å². The van der Waals surface area contributed by atoms with E-state index in [1.807, 2.05) is 31.2 Å². The van der Waals surface area contributed by atoms with Crippen molar-refractivity contribution in [2.45, 2.75) is 25.8 Å². The molecule has 0 aromatic heterocycles. The lowest BCUT2D eigenvalue weighted by atomic mass is 9.90. The average molecular weight is 286 g/mol. The largest absolute Gasteiger partial charge is 0.466 e. The van der Waals surface area contributed by atoms with Crippen LogP contribution in [0, 0.1) is 0 Å². The summed E-state index contributed by atoms with van der Waals surface area (Å²) < 4.78 is 5.81. The fourth-order valence-electron chi connectivity index (χ4n) is 1.53. The maximum Gasteiger partial charge on any atom is 0.307 e. The molecule has 0 amide bonds. The van der Waals surface area contributed by atoms with E-state index < -0.39 is 5.54 Å². The normalized spacial score (nSPS) is 14.2. The third-order valence-electron chi connectivity index (χ3n) is 2.31. The van der Waals surface area contributed by atoms with Crippen molar-refractivity contribution >= 4 is 21.9 Å². The highest BCUT2D eigenvalue weighted by molar-refractivity contribution is 9.10. The van der Waals surface area contributed by atoms with Gasteiger partial charge >= 0.3 is 5.97 Å². The number of hydrogen-bond donors (Lipinski definition) is 1. The zero-order valence-electron chi connectivity index (χ0n) is 9.50. The number of ether oxygens (including phenoxy) is 1. The third kappa shape index (κ3) is 3.32. The van der Waals surface area contributed by atoms with Gasteiger partial charge < -0.3 is 10.5 Å². The Labute approximate surface area is 104 Å². The van der Waals surface area contributed by atoms with Crippen molar-refractivity contribution in [3.63, 3.8) is 0 Å². The van der Waals surface area contributed by atoms with Crippen molar-refractivity contribution < 1.29 is 9.53 Å². The van der Waals surface area contributed by atoms with E-state index in [4.69, 9.17) is 10.5 Å². The number of halogens is 1. The zero-order chi connectivity index (χ0) is 12.2. The van der Waals surface area contributed by atoms with E-state index in [0.717, 1.165) is 10.0 Å². The van der Waals surface area contributed by atoms with Crippen molar-refractivity contribution in [1.29, 1.82) is 0 Å². The molecule has 88 valence electrons. The van der Waals surface area contributed by atoms with E-state index in [0.29, 0.717) is 6.61 Å². The van der Waals surface area contributed by atoms with Crippen LogP contribution in [0.4, 0.5) is 0 Å². The first kappa shape index (κ1) is 13.2. The number of esters is 1. The van der Waals surface area contributed by atoms with E-state index in [9.17, 15) is 4.79 Å². The van der Waals surface area contributed by atoms with Crippen molar-refractivity contribution in [2.75, 3.05) is 6.61 Å². The minimum atomic E-state index is -0.716. The molecule has 0 aliphatic heterocycles. The van der Waals surface area contributed by atoms with Crippen LogP contribution in [0.5, 0.6) is 0 Å². The first-order chi connectivity index (χ1) is 7.47. The molecule has 0 heterocycles. The Kier molecular flexibility index (Phi) is 4.50. The van der Waals surface area contributed by atoms with Crippen LogP contribution in [0.25, 0.3) is 0 Å². The highest BCUT2D eigenvalue weighted by atomic mass is 79.9. The second-order valence-electron chi connectivity index (χ2n) is 3.88. The van der Waals surface area contributed by atoms with Gasteiger partial charge in [-0.1, -0.05) is 34.1 Å². The lowest BCUT2D eigenvalue weighted by molar-refractivity contribution is -0.144. The molecule has 1 aromatic carbocycles. The second kappa shape index (κ2) is 5.46. The van der Waals surface area contributed by atoms with Crippen LogP contribution < -0.4 is 5.73 Å². The highest BCUT2D eigenvalue weighted by Crippen LogP contribution is 2.28. The van der Waals surface area contributed by atoms with Gasteiger partial charge in [0.15, 0.2) is 0 Å². The quantitative estimate of drug-likeness (QED) is 0.865. The minimum Gasteiger partial charge on any atom is -0.466 e. The predicted molar refractivity (Wildman–Crippen MR) is 66.9 cm³/mol. The molecule has 4 heteroatoms. The molecule has 0 fully saturated rings. The van der Waals surface area contributed by atoms with Gasteiger partial charge in [0.25, 0.3) is 0 Å². The molecule has 2 N–H and O–H groups in total.